The van der Waals surface area contributed by atoms with Crippen LogP contribution in [0, 0.1) is 5.82 Å². The fourth-order valence-electron chi connectivity index (χ4n) is 5.90. The molecule has 0 spiro atoms. The van der Waals surface area contributed by atoms with Crippen LogP contribution in [-0.4, -0.2) is 73.5 Å². The van der Waals surface area contributed by atoms with Crippen LogP contribution < -0.4 is 26.4 Å². The quantitative estimate of drug-likeness (QED) is 0.324. The first kappa shape index (κ1) is 29.0. The first-order valence-electron chi connectivity index (χ1n) is 14.2. The average Bonchev–Trinajstić information content (AvgIpc) is 3.53. The number of amides is 3. The number of piperazine rings is 1. The first-order valence-corrected chi connectivity index (χ1v) is 14.2. The molecule has 4 aromatic rings. The first-order chi connectivity index (χ1) is 21.0. The number of halogens is 1. The number of benzene rings is 2. The van der Waals surface area contributed by atoms with Crippen LogP contribution in [-0.2, 0) is 35.0 Å². The fraction of sp³-hybridized carbons (Fsp3) is 0.333. The molecule has 2 saturated heterocycles. The van der Waals surface area contributed by atoms with Gasteiger partial charge in [-0.05, 0) is 42.0 Å². The lowest BCUT2D eigenvalue weighted by atomic mass is 10.1. The molecule has 0 saturated carbocycles. The van der Waals surface area contributed by atoms with Crippen LogP contribution in [0.5, 0.6) is 0 Å². The molecule has 6 rings (SSSR count). The lowest BCUT2D eigenvalue weighted by Crippen LogP contribution is -2.53. The number of fused-ring (bicyclic) bond motifs is 1. The lowest BCUT2D eigenvalue weighted by Gasteiger charge is -2.37. The van der Waals surface area contributed by atoms with E-state index in [9.17, 15) is 28.4 Å². The molecule has 2 aromatic carbocycles. The molecule has 228 valence electrons. The van der Waals surface area contributed by atoms with E-state index in [1.807, 2.05) is 9.80 Å². The number of carbonyl (C=O) groups is 3. The number of imidazole rings is 1. The number of hydrogen-bond acceptors (Lipinski definition) is 8. The molecular formula is C30H31FN8O5. The summed E-state index contributed by atoms with van der Waals surface area (Å²) < 4.78 is 17.7. The fourth-order valence-corrected chi connectivity index (χ4v) is 5.90. The Morgan fingerprint density at radius 2 is 1.59 bits per heavy atom. The third kappa shape index (κ3) is 5.06. The number of rotatable bonds is 6. The van der Waals surface area contributed by atoms with E-state index in [0.717, 1.165) is 10.1 Å². The Kier molecular flexibility index (Phi) is 7.37. The summed E-state index contributed by atoms with van der Waals surface area (Å²) in [7, 11) is 2.97. The Labute approximate surface area is 250 Å². The van der Waals surface area contributed by atoms with Gasteiger partial charge in [0.05, 0.1) is 24.7 Å². The summed E-state index contributed by atoms with van der Waals surface area (Å²) >= 11 is 0. The molecule has 1 N–H and O–H groups in total. The summed E-state index contributed by atoms with van der Waals surface area (Å²) in [5, 5.41) is 2.67. The Balaban J connectivity index is 1.24. The minimum absolute atomic E-state index is 0.0491. The lowest BCUT2D eigenvalue weighted by molar-refractivity contribution is -0.123. The molecule has 0 bridgehead atoms. The van der Waals surface area contributed by atoms with Crippen molar-refractivity contribution in [3.8, 4) is 0 Å². The highest BCUT2D eigenvalue weighted by molar-refractivity contribution is 6.22. The Hall–Kier alpha value is -5.11. The number of nitrogens with zero attached hydrogens (tertiary/aromatic N) is 7. The number of aryl methyl sites for hydroxylation is 1. The highest BCUT2D eigenvalue weighted by atomic mass is 19.1. The highest BCUT2D eigenvalue weighted by Crippen LogP contribution is 2.29. The molecule has 4 heterocycles. The van der Waals surface area contributed by atoms with Gasteiger partial charge >= 0.3 is 5.69 Å². The zero-order chi connectivity index (χ0) is 31.3. The summed E-state index contributed by atoms with van der Waals surface area (Å²) in [5.74, 6) is -0.718. The molecule has 1 unspecified atom stereocenters. The van der Waals surface area contributed by atoms with Gasteiger partial charge in [0.1, 0.15) is 5.82 Å². The predicted molar refractivity (Wildman–Crippen MR) is 161 cm³/mol. The van der Waals surface area contributed by atoms with Gasteiger partial charge in [-0.1, -0.05) is 12.1 Å². The standard InChI is InChI=1S/C30H31FN8O5/c1-18(40)32-21-8-10-22(11-9-21)39-24(41)16-23(27(39)42)36-12-14-37(15-13-36)29-33-26-25(28(43)35(3)30(44)34(26)2)38(29)17-19-4-6-20(31)7-5-19/h4-11,23H,12-17H2,1-3H3,(H,32,40). The zero-order valence-electron chi connectivity index (χ0n) is 24.5. The van der Waals surface area contributed by atoms with E-state index in [1.54, 1.807) is 48.0 Å². The van der Waals surface area contributed by atoms with Crippen molar-refractivity contribution in [2.75, 3.05) is 41.3 Å². The Morgan fingerprint density at radius 1 is 0.932 bits per heavy atom. The molecule has 3 amide bonds. The Morgan fingerprint density at radius 3 is 2.23 bits per heavy atom. The number of anilines is 3. The van der Waals surface area contributed by atoms with Gasteiger partial charge in [-0.2, -0.15) is 4.98 Å². The zero-order valence-corrected chi connectivity index (χ0v) is 24.5. The van der Waals surface area contributed by atoms with E-state index in [2.05, 4.69) is 5.32 Å². The SMILES string of the molecule is CC(=O)Nc1ccc(N2C(=O)CC(N3CCN(c4nc5c(c(=O)n(C)c(=O)n5C)n4Cc4ccc(F)cc4)CC3)C2=O)cc1. The number of hydrogen-bond donors (Lipinski definition) is 1. The van der Waals surface area contributed by atoms with E-state index in [4.69, 9.17) is 4.98 Å². The van der Waals surface area contributed by atoms with Gasteiger partial charge in [0.25, 0.3) is 11.5 Å². The van der Waals surface area contributed by atoms with Gasteiger partial charge in [-0.3, -0.25) is 37.8 Å². The van der Waals surface area contributed by atoms with E-state index >= 15 is 0 Å². The minimum atomic E-state index is -0.620. The molecule has 0 radical (unpaired) electrons. The maximum atomic E-state index is 13.6. The number of imide groups is 1. The van der Waals surface area contributed by atoms with Crippen LogP contribution in [0.2, 0.25) is 0 Å². The van der Waals surface area contributed by atoms with Crippen molar-refractivity contribution in [2.24, 2.45) is 14.1 Å². The van der Waals surface area contributed by atoms with Gasteiger partial charge in [0.15, 0.2) is 11.2 Å². The second kappa shape index (κ2) is 11.2. The smallest absolute Gasteiger partial charge is 0.332 e. The van der Waals surface area contributed by atoms with E-state index in [-0.39, 0.29) is 47.7 Å². The average molecular weight is 603 g/mol. The summed E-state index contributed by atoms with van der Waals surface area (Å²) in [6, 6.07) is 11.9. The van der Waals surface area contributed by atoms with Crippen molar-refractivity contribution in [3.05, 3.63) is 80.7 Å². The third-order valence-corrected chi connectivity index (χ3v) is 8.19. The number of carbonyl (C=O) groups excluding carboxylic acids is 3. The van der Waals surface area contributed by atoms with Crippen LogP contribution in [0.4, 0.5) is 21.7 Å². The molecule has 2 aromatic heterocycles. The monoisotopic (exact) mass is 602 g/mol. The summed E-state index contributed by atoms with van der Waals surface area (Å²) in [6.07, 6.45) is 0.0491. The largest absolute Gasteiger partial charge is 0.340 e. The maximum Gasteiger partial charge on any atom is 0.332 e. The van der Waals surface area contributed by atoms with E-state index in [1.165, 1.54) is 35.6 Å². The van der Waals surface area contributed by atoms with Crippen LogP contribution in [0.3, 0.4) is 0 Å². The van der Waals surface area contributed by atoms with Gasteiger partial charge in [-0.15, -0.1) is 0 Å². The van der Waals surface area contributed by atoms with Gasteiger partial charge in [0, 0.05) is 52.9 Å². The van der Waals surface area contributed by atoms with Crippen molar-refractivity contribution in [3.63, 3.8) is 0 Å². The molecule has 2 aliphatic rings. The third-order valence-electron chi connectivity index (χ3n) is 8.19. The van der Waals surface area contributed by atoms with Crippen molar-refractivity contribution < 1.29 is 18.8 Å². The molecule has 1 atom stereocenters. The maximum absolute atomic E-state index is 13.6. The van der Waals surface area contributed by atoms with E-state index < -0.39 is 17.3 Å². The van der Waals surface area contributed by atoms with Gasteiger partial charge in [0.2, 0.25) is 17.8 Å². The van der Waals surface area contributed by atoms with Crippen molar-refractivity contribution >= 4 is 46.2 Å². The summed E-state index contributed by atoms with van der Waals surface area (Å²) in [4.78, 5) is 73.5. The van der Waals surface area contributed by atoms with Gasteiger partial charge < -0.3 is 10.2 Å². The minimum Gasteiger partial charge on any atom is -0.340 e. The van der Waals surface area contributed by atoms with Crippen molar-refractivity contribution in [2.45, 2.75) is 25.9 Å². The second-order valence-corrected chi connectivity index (χ2v) is 11.0. The highest BCUT2D eigenvalue weighted by Gasteiger charge is 2.43. The summed E-state index contributed by atoms with van der Waals surface area (Å²) in [5.41, 5.74) is 1.28. The van der Waals surface area contributed by atoms with Crippen molar-refractivity contribution in [1.29, 1.82) is 0 Å². The van der Waals surface area contributed by atoms with Crippen LogP contribution >= 0.6 is 0 Å². The second-order valence-electron chi connectivity index (χ2n) is 11.0. The summed E-state index contributed by atoms with van der Waals surface area (Å²) in [6.45, 7) is 3.43. The molecule has 14 heteroatoms. The number of nitrogens with one attached hydrogen (secondary N) is 1. The molecule has 2 aliphatic heterocycles. The van der Waals surface area contributed by atoms with E-state index in [0.29, 0.717) is 43.5 Å². The molecule has 13 nitrogen and oxygen atoms in total. The van der Waals surface area contributed by atoms with Crippen LogP contribution in [0.15, 0.2) is 58.1 Å². The van der Waals surface area contributed by atoms with Crippen LogP contribution in [0.1, 0.15) is 18.9 Å². The van der Waals surface area contributed by atoms with Crippen molar-refractivity contribution in [1.82, 2.24) is 23.6 Å². The molecule has 0 aliphatic carbocycles. The number of aromatic nitrogens is 4. The van der Waals surface area contributed by atoms with Crippen LogP contribution in [0.25, 0.3) is 11.2 Å². The topological polar surface area (TPSA) is 135 Å². The normalized spacial score (nSPS) is 17.6. The molecule has 44 heavy (non-hydrogen) atoms. The predicted octanol–water partition coefficient (Wildman–Crippen LogP) is 1.03. The molecular weight excluding hydrogens is 571 g/mol. The molecule has 2 fully saturated rings. The van der Waals surface area contributed by atoms with Gasteiger partial charge in [-0.25, -0.2) is 14.1 Å². The Bertz CT molecular complexity index is 1900.